The number of halogens is 1. The van der Waals surface area contributed by atoms with E-state index in [9.17, 15) is 9.50 Å². The second-order valence-electron chi connectivity index (χ2n) is 8.82. The van der Waals surface area contributed by atoms with Gasteiger partial charge in [-0.2, -0.15) is 5.10 Å². The van der Waals surface area contributed by atoms with Crippen LogP contribution in [-0.4, -0.2) is 60.9 Å². The Morgan fingerprint density at radius 1 is 1.26 bits per heavy atom. The minimum atomic E-state index is -0.848. The first-order valence-corrected chi connectivity index (χ1v) is 11.4. The Kier molecular flexibility index (Phi) is 4.97. The number of piperidine rings is 2. The Hall–Kier alpha value is -2.52. The van der Waals surface area contributed by atoms with Crippen LogP contribution in [-0.2, 0) is 0 Å². The molecular weight excluding hydrogens is 417 g/mol. The number of ether oxygens (including phenoxy) is 1. The molecule has 2 aromatic heterocycles. The van der Waals surface area contributed by atoms with Crippen molar-refractivity contribution in [1.82, 2.24) is 24.9 Å². The Morgan fingerprint density at radius 3 is 2.84 bits per heavy atom. The summed E-state index contributed by atoms with van der Waals surface area (Å²) in [5.41, 5.74) is 1.76. The predicted octanol–water partition coefficient (Wildman–Crippen LogP) is 4.14. The van der Waals surface area contributed by atoms with Gasteiger partial charge < -0.3 is 9.84 Å². The van der Waals surface area contributed by atoms with E-state index >= 15 is 0 Å². The van der Waals surface area contributed by atoms with E-state index in [1.165, 1.54) is 11.3 Å². The maximum atomic E-state index is 14.7. The maximum absolute atomic E-state index is 14.7. The highest BCUT2D eigenvalue weighted by molar-refractivity contribution is 7.16. The average Bonchev–Trinajstić information content (AvgIpc) is 3.37. The second kappa shape index (κ2) is 7.56. The summed E-state index contributed by atoms with van der Waals surface area (Å²) >= 11 is 1.29. The third-order valence-corrected chi connectivity index (χ3v) is 7.68. The molecule has 1 N–H and O–H groups in total. The molecule has 7 nitrogen and oxygen atoms in total. The van der Waals surface area contributed by atoms with Crippen molar-refractivity contribution in [2.45, 2.75) is 63.4 Å². The highest BCUT2D eigenvalue weighted by Crippen LogP contribution is 2.44. The van der Waals surface area contributed by atoms with E-state index in [0.717, 1.165) is 24.2 Å². The highest BCUT2D eigenvalue weighted by atomic mass is 32.1. The van der Waals surface area contributed by atoms with Gasteiger partial charge in [-0.25, -0.2) is 9.07 Å². The number of aromatic hydroxyl groups is 1. The Morgan fingerprint density at radius 2 is 2.10 bits per heavy atom. The molecule has 2 saturated heterocycles. The molecule has 5 rings (SSSR count). The van der Waals surface area contributed by atoms with Crippen molar-refractivity contribution in [2.75, 3.05) is 7.05 Å². The van der Waals surface area contributed by atoms with Crippen molar-refractivity contribution in [1.29, 1.82) is 0 Å². The second-order valence-corrected chi connectivity index (χ2v) is 9.76. The van der Waals surface area contributed by atoms with Gasteiger partial charge in [0.15, 0.2) is 5.01 Å². The molecule has 4 atom stereocenters. The first-order valence-electron chi connectivity index (χ1n) is 10.6. The number of hydrogen-bond acceptors (Lipinski definition) is 7. The third-order valence-electron chi connectivity index (χ3n) is 6.83. The van der Waals surface area contributed by atoms with E-state index in [1.807, 2.05) is 39.2 Å². The zero-order chi connectivity index (χ0) is 21.8. The van der Waals surface area contributed by atoms with Crippen LogP contribution in [0, 0.1) is 6.92 Å². The van der Waals surface area contributed by atoms with Crippen LogP contribution < -0.4 is 4.74 Å². The SMILES string of the molecule is Cc1ccn(-c2ccc(-c3nnc(OC4CC5CCC(F)C(C)(C4)N5C)s3)c(O)c2)n1. The molecule has 2 aliphatic rings. The number of aryl methyl sites for hydroxylation is 1. The van der Waals surface area contributed by atoms with Gasteiger partial charge in [0, 0.05) is 24.7 Å². The van der Waals surface area contributed by atoms with E-state index in [2.05, 4.69) is 20.2 Å². The molecule has 164 valence electrons. The summed E-state index contributed by atoms with van der Waals surface area (Å²) in [6, 6.07) is 7.57. The molecule has 1 aromatic carbocycles. The van der Waals surface area contributed by atoms with Gasteiger partial charge in [-0.3, -0.25) is 4.90 Å². The fraction of sp³-hybridized carbons (Fsp3) is 0.500. The van der Waals surface area contributed by atoms with Gasteiger partial charge in [0.1, 0.15) is 18.0 Å². The smallest absolute Gasteiger partial charge is 0.294 e. The summed E-state index contributed by atoms with van der Waals surface area (Å²) in [7, 11) is 2.02. The lowest BCUT2D eigenvalue weighted by molar-refractivity contribution is -0.0971. The molecular formula is C22H26FN5O2S. The fourth-order valence-electron chi connectivity index (χ4n) is 4.88. The van der Waals surface area contributed by atoms with E-state index in [0.29, 0.717) is 34.6 Å². The lowest BCUT2D eigenvalue weighted by Gasteiger charge is -2.55. The molecule has 0 spiro atoms. The molecule has 2 bridgehead atoms. The number of hydrogen-bond donors (Lipinski definition) is 1. The van der Waals surface area contributed by atoms with Gasteiger partial charge in [0.05, 0.1) is 22.5 Å². The number of rotatable bonds is 4. The molecule has 0 amide bonds. The lowest BCUT2D eigenvalue weighted by Crippen LogP contribution is -2.64. The molecule has 4 heterocycles. The molecule has 0 saturated carbocycles. The van der Waals surface area contributed by atoms with Crippen LogP contribution in [0.2, 0.25) is 0 Å². The lowest BCUT2D eigenvalue weighted by atomic mass is 9.73. The number of nitrogens with zero attached hydrogens (tertiary/aromatic N) is 5. The topological polar surface area (TPSA) is 76.3 Å². The third kappa shape index (κ3) is 3.59. The van der Waals surface area contributed by atoms with Crippen LogP contribution in [0.4, 0.5) is 4.39 Å². The predicted molar refractivity (Wildman–Crippen MR) is 117 cm³/mol. The first-order chi connectivity index (χ1) is 14.8. The van der Waals surface area contributed by atoms with Gasteiger partial charge in [-0.15, -0.1) is 5.10 Å². The molecule has 9 heteroatoms. The van der Waals surface area contributed by atoms with E-state index in [4.69, 9.17) is 4.74 Å². The Bertz CT molecular complexity index is 1100. The summed E-state index contributed by atoms with van der Waals surface area (Å²) in [6.07, 6.45) is 3.86. The zero-order valence-electron chi connectivity index (χ0n) is 17.8. The summed E-state index contributed by atoms with van der Waals surface area (Å²) in [5, 5.41) is 24.3. The van der Waals surface area contributed by atoms with E-state index < -0.39 is 11.7 Å². The monoisotopic (exact) mass is 443 g/mol. The van der Waals surface area contributed by atoms with Crippen LogP contribution in [0.25, 0.3) is 16.3 Å². The molecule has 0 radical (unpaired) electrons. The largest absolute Gasteiger partial charge is 0.507 e. The van der Waals surface area contributed by atoms with Crippen molar-refractivity contribution in [3.63, 3.8) is 0 Å². The van der Waals surface area contributed by atoms with Crippen LogP contribution in [0.5, 0.6) is 10.9 Å². The fourth-order valence-corrected chi connectivity index (χ4v) is 5.67. The Balaban J connectivity index is 1.33. The van der Waals surface area contributed by atoms with Gasteiger partial charge in [-0.1, -0.05) is 16.4 Å². The van der Waals surface area contributed by atoms with Gasteiger partial charge in [0.2, 0.25) is 0 Å². The number of benzene rings is 1. The first kappa shape index (κ1) is 20.4. The summed E-state index contributed by atoms with van der Waals surface area (Å²) in [6.45, 7) is 3.91. The molecule has 4 unspecified atom stereocenters. The Labute approximate surface area is 184 Å². The zero-order valence-corrected chi connectivity index (χ0v) is 18.6. The number of fused-ring (bicyclic) bond motifs is 2. The number of phenols is 1. The highest BCUT2D eigenvalue weighted by Gasteiger charge is 2.51. The van der Waals surface area contributed by atoms with Gasteiger partial charge in [-0.05, 0) is 58.4 Å². The van der Waals surface area contributed by atoms with Crippen molar-refractivity contribution in [2.24, 2.45) is 0 Å². The normalized spacial score (nSPS) is 28.6. The summed E-state index contributed by atoms with van der Waals surface area (Å²) in [4.78, 5) is 2.19. The van der Waals surface area contributed by atoms with Crippen molar-refractivity contribution in [3.8, 4) is 27.2 Å². The van der Waals surface area contributed by atoms with Crippen LogP contribution in [0.3, 0.4) is 0 Å². The molecule has 2 aliphatic heterocycles. The maximum Gasteiger partial charge on any atom is 0.294 e. The van der Waals surface area contributed by atoms with Crippen molar-refractivity contribution >= 4 is 11.3 Å². The van der Waals surface area contributed by atoms with Gasteiger partial charge in [0.25, 0.3) is 5.19 Å². The molecule has 0 aliphatic carbocycles. The number of alkyl halides is 1. The minimum absolute atomic E-state index is 0.0930. The van der Waals surface area contributed by atoms with Crippen LogP contribution in [0.1, 0.15) is 38.3 Å². The van der Waals surface area contributed by atoms with Gasteiger partial charge >= 0.3 is 0 Å². The summed E-state index contributed by atoms with van der Waals surface area (Å²) in [5.74, 6) is 0.106. The van der Waals surface area contributed by atoms with Crippen molar-refractivity contribution < 1.29 is 14.2 Å². The molecule has 2 fully saturated rings. The minimum Gasteiger partial charge on any atom is -0.507 e. The molecule has 31 heavy (non-hydrogen) atoms. The summed E-state index contributed by atoms with van der Waals surface area (Å²) < 4.78 is 22.5. The molecule has 3 aromatic rings. The van der Waals surface area contributed by atoms with Crippen molar-refractivity contribution in [3.05, 3.63) is 36.2 Å². The standard InChI is InChI=1S/C22H26FN5O2S/c1-13-8-9-28(26-13)15-4-6-17(18(29)11-15)20-24-25-21(31-20)30-16-10-14-5-7-19(23)22(2,12-16)27(14)3/h4,6,8-9,11,14,16,19,29H,5,7,10,12H2,1-3H3. The van der Waals surface area contributed by atoms with Crippen LogP contribution in [0.15, 0.2) is 30.5 Å². The van der Waals surface area contributed by atoms with Crippen LogP contribution >= 0.6 is 11.3 Å². The van der Waals surface area contributed by atoms with E-state index in [1.54, 1.807) is 16.8 Å². The average molecular weight is 444 g/mol. The van der Waals surface area contributed by atoms with E-state index in [-0.39, 0.29) is 11.9 Å². The quantitative estimate of drug-likeness (QED) is 0.653. The number of phenolic OH excluding ortho intramolecular Hbond substituents is 1. The number of aromatic nitrogens is 4.